The summed E-state index contributed by atoms with van der Waals surface area (Å²) >= 11 is 1.13. The summed E-state index contributed by atoms with van der Waals surface area (Å²) in [5.74, 6) is 0.907. The monoisotopic (exact) mass is 165 g/mol. The van der Waals surface area contributed by atoms with Crippen molar-refractivity contribution in [3.8, 4) is 5.75 Å². The van der Waals surface area contributed by atoms with Gasteiger partial charge in [0.05, 0.1) is 5.71 Å². The molecule has 2 rings (SSSR count). The fourth-order valence-corrected chi connectivity index (χ4v) is 1.48. The lowest BCUT2D eigenvalue weighted by Crippen LogP contribution is -2.01. The van der Waals surface area contributed by atoms with Crippen LogP contribution in [-0.2, 0) is 0 Å². The molecule has 0 saturated carbocycles. The molecule has 1 aromatic carbocycles. The summed E-state index contributed by atoms with van der Waals surface area (Å²) in [5, 5.41) is 0. The first-order valence-electron chi connectivity index (χ1n) is 3.35. The zero-order valence-corrected chi connectivity index (χ0v) is 6.89. The molecule has 0 N–H and O–H groups in total. The minimum absolute atomic E-state index is 0.907. The normalized spacial score (nSPS) is 14.8. The topological polar surface area (TPSA) is 21.6 Å². The Hall–Kier alpha value is -0.960. The van der Waals surface area contributed by atoms with Crippen molar-refractivity contribution >= 4 is 17.9 Å². The van der Waals surface area contributed by atoms with Crippen LogP contribution in [0.3, 0.4) is 0 Å². The van der Waals surface area contributed by atoms with Crippen LogP contribution in [0.1, 0.15) is 12.5 Å². The van der Waals surface area contributed by atoms with Crippen LogP contribution < -0.4 is 4.18 Å². The van der Waals surface area contributed by atoms with E-state index in [9.17, 15) is 0 Å². The van der Waals surface area contributed by atoms with Crippen LogP contribution in [0.2, 0.25) is 0 Å². The Labute approximate surface area is 69.6 Å². The maximum Gasteiger partial charge on any atom is 0.201 e. The fraction of sp³-hybridized carbons (Fsp3) is 0.125. The van der Waals surface area contributed by atoms with Crippen LogP contribution in [0.5, 0.6) is 5.75 Å². The van der Waals surface area contributed by atoms with E-state index in [1.54, 1.807) is 0 Å². The molecule has 3 heteroatoms. The lowest BCUT2D eigenvalue weighted by atomic mass is 10.1. The molecule has 0 saturated heterocycles. The average Bonchev–Trinajstić information content (AvgIpc) is 2.06. The van der Waals surface area contributed by atoms with E-state index in [0.717, 1.165) is 29.3 Å². The van der Waals surface area contributed by atoms with E-state index in [2.05, 4.69) is 4.40 Å². The number of nitrogens with zero attached hydrogens (tertiary/aromatic N) is 1. The van der Waals surface area contributed by atoms with Crippen LogP contribution in [0, 0.1) is 0 Å². The van der Waals surface area contributed by atoms with Gasteiger partial charge in [0.1, 0.15) is 5.75 Å². The van der Waals surface area contributed by atoms with E-state index in [1.165, 1.54) is 0 Å². The van der Waals surface area contributed by atoms with Crippen molar-refractivity contribution in [2.75, 3.05) is 0 Å². The van der Waals surface area contributed by atoms with E-state index in [1.807, 2.05) is 31.2 Å². The second-order valence-electron chi connectivity index (χ2n) is 2.33. The van der Waals surface area contributed by atoms with E-state index in [0.29, 0.717) is 0 Å². The Bertz CT molecular complexity index is 309. The first kappa shape index (κ1) is 6.73. The number of rotatable bonds is 0. The molecule has 0 amide bonds. The molecule has 0 spiro atoms. The number of benzene rings is 1. The fourth-order valence-electron chi connectivity index (χ4n) is 1.00. The highest BCUT2D eigenvalue weighted by atomic mass is 32.2. The van der Waals surface area contributed by atoms with Gasteiger partial charge < -0.3 is 4.18 Å². The highest BCUT2D eigenvalue weighted by Gasteiger charge is 2.10. The standard InChI is InChI=1S/C8H7NOS/c1-6-7-4-2-3-5-8(7)10-11-9-6/h2-5H,1H3. The lowest BCUT2D eigenvalue weighted by Gasteiger charge is -2.11. The molecule has 11 heavy (non-hydrogen) atoms. The average molecular weight is 165 g/mol. The van der Waals surface area contributed by atoms with Crippen molar-refractivity contribution in [3.63, 3.8) is 0 Å². The molecule has 0 atom stereocenters. The highest BCUT2D eigenvalue weighted by Crippen LogP contribution is 2.28. The van der Waals surface area contributed by atoms with Gasteiger partial charge >= 0.3 is 0 Å². The Morgan fingerprint density at radius 2 is 2.18 bits per heavy atom. The van der Waals surface area contributed by atoms with Gasteiger partial charge in [-0.15, -0.1) is 0 Å². The molecule has 0 aliphatic carbocycles. The van der Waals surface area contributed by atoms with Crippen LogP contribution >= 0.6 is 12.2 Å². The molecule has 0 radical (unpaired) electrons. The second kappa shape index (κ2) is 2.58. The van der Waals surface area contributed by atoms with Crippen molar-refractivity contribution in [1.29, 1.82) is 0 Å². The molecule has 0 aromatic heterocycles. The van der Waals surface area contributed by atoms with Crippen LogP contribution in [0.25, 0.3) is 0 Å². The van der Waals surface area contributed by atoms with Gasteiger partial charge in [0.2, 0.25) is 12.2 Å². The van der Waals surface area contributed by atoms with E-state index in [-0.39, 0.29) is 0 Å². The molecule has 1 aromatic rings. The Morgan fingerprint density at radius 3 is 3.00 bits per heavy atom. The number of hydrogen-bond donors (Lipinski definition) is 0. The molecular weight excluding hydrogens is 158 g/mol. The van der Waals surface area contributed by atoms with Gasteiger partial charge in [0.25, 0.3) is 0 Å². The number of fused-ring (bicyclic) bond motifs is 1. The molecule has 2 nitrogen and oxygen atoms in total. The van der Waals surface area contributed by atoms with Gasteiger partial charge in [-0.1, -0.05) is 12.1 Å². The van der Waals surface area contributed by atoms with Crippen molar-refractivity contribution in [3.05, 3.63) is 29.8 Å². The van der Waals surface area contributed by atoms with Crippen molar-refractivity contribution in [1.82, 2.24) is 0 Å². The Balaban J connectivity index is 2.56. The summed E-state index contributed by atoms with van der Waals surface area (Å²) in [4.78, 5) is 0. The van der Waals surface area contributed by atoms with Crippen molar-refractivity contribution in [2.45, 2.75) is 6.92 Å². The van der Waals surface area contributed by atoms with Crippen LogP contribution in [0.15, 0.2) is 28.7 Å². The zero-order valence-electron chi connectivity index (χ0n) is 6.07. The smallest absolute Gasteiger partial charge is 0.201 e. The maximum absolute atomic E-state index is 5.22. The summed E-state index contributed by atoms with van der Waals surface area (Å²) in [6.07, 6.45) is 0. The first-order chi connectivity index (χ1) is 5.38. The van der Waals surface area contributed by atoms with Crippen molar-refractivity contribution < 1.29 is 4.18 Å². The first-order valence-corrected chi connectivity index (χ1v) is 4.05. The molecule has 1 aliphatic rings. The predicted octanol–water partition coefficient (Wildman–Crippen LogP) is 2.45. The molecule has 0 bridgehead atoms. The van der Waals surface area contributed by atoms with Gasteiger partial charge in [-0.3, -0.25) is 0 Å². The zero-order chi connectivity index (χ0) is 7.68. The third-order valence-electron chi connectivity index (χ3n) is 1.58. The van der Waals surface area contributed by atoms with Gasteiger partial charge in [0, 0.05) is 5.56 Å². The molecular formula is C8H7NOS. The lowest BCUT2D eigenvalue weighted by molar-refractivity contribution is 0.642. The van der Waals surface area contributed by atoms with Gasteiger partial charge in [-0.25, -0.2) is 0 Å². The molecule has 1 heterocycles. The minimum Gasteiger partial charge on any atom is -0.403 e. The van der Waals surface area contributed by atoms with Crippen molar-refractivity contribution in [2.24, 2.45) is 4.40 Å². The number of hydrogen-bond acceptors (Lipinski definition) is 3. The van der Waals surface area contributed by atoms with E-state index >= 15 is 0 Å². The van der Waals surface area contributed by atoms with Gasteiger partial charge in [-0.05, 0) is 19.1 Å². The number of para-hydroxylation sites is 1. The molecule has 1 aliphatic heterocycles. The second-order valence-corrected chi connectivity index (χ2v) is 2.83. The van der Waals surface area contributed by atoms with Crippen LogP contribution in [-0.4, -0.2) is 5.71 Å². The molecule has 56 valence electrons. The molecule has 0 unspecified atom stereocenters. The van der Waals surface area contributed by atoms with E-state index in [4.69, 9.17) is 4.18 Å². The summed E-state index contributed by atoms with van der Waals surface area (Å²) in [5.41, 5.74) is 2.11. The highest BCUT2D eigenvalue weighted by molar-refractivity contribution is 7.93. The molecule has 0 fully saturated rings. The third-order valence-corrected chi connectivity index (χ3v) is 2.18. The van der Waals surface area contributed by atoms with E-state index < -0.39 is 0 Å². The summed E-state index contributed by atoms with van der Waals surface area (Å²) < 4.78 is 9.31. The summed E-state index contributed by atoms with van der Waals surface area (Å²) in [6.45, 7) is 1.98. The van der Waals surface area contributed by atoms with Crippen LogP contribution in [0.4, 0.5) is 0 Å². The summed E-state index contributed by atoms with van der Waals surface area (Å²) in [6, 6.07) is 7.89. The Kier molecular flexibility index (Phi) is 1.58. The maximum atomic E-state index is 5.22. The predicted molar refractivity (Wildman–Crippen MR) is 46.9 cm³/mol. The Morgan fingerprint density at radius 1 is 1.36 bits per heavy atom. The SMILES string of the molecule is CC1=NSOc2ccccc21. The third kappa shape index (κ3) is 1.12. The largest absolute Gasteiger partial charge is 0.403 e. The quantitative estimate of drug-likeness (QED) is 0.435. The van der Waals surface area contributed by atoms with Gasteiger partial charge in [-0.2, -0.15) is 4.40 Å². The van der Waals surface area contributed by atoms with Gasteiger partial charge in [0.15, 0.2) is 0 Å². The summed E-state index contributed by atoms with van der Waals surface area (Å²) in [7, 11) is 0. The minimum atomic E-state index is 0.907.